The van der Waals surface area contributed by atoms with Crippen LogP contribution in [0.25, 0.3) is 0 Å². The zero-order chi connectivity index (χ0) is 45.5. The topological polar surface area (TPSA) is 55.8 Å². The molecule has 0 saturated carbocycles. The van der Waals surface area contributed by atoms with Crippen LogP contribution in [0.5, 0.6) is 0 Å². The molecule has 0 heterocycles. The lowest BCUT2D eigenvalue weighted by molar-refractivity contribution is -0.154. The number of hydrogen-bond acceptors (Lipinski definition) is 4. The summed E-state index contributed by atoms with van der Waals surface area (Å²) in [6.45, 7) is 5.25. The van der Waals surface area contributed by atoms with E-state index in [1.54, 1.807) is 0 Å². The highest BCUT2D eigenvalue weighted by Crippen LogP contribution is 2.16. The molecule has 0 aromatic rings. The minimum Gasteiger partial charge on any atom is -0.457 e. The van der Waals surface area contributed by atoms with E-state index in [2.05, 4.69) is 86.8 Å². The lowest BCUT2D eigenvalue weighted by Crippen LogP contribution is -2.27. The SMILES string of the molecule is CC/C=C\C/C=C\C/C=C\C/C=C\CCCCCCCCCCCCCCCOCC(CO)OC(=O)CCCCCCCCCCCCCCC/C=C\C/C=C\CCCCCCC. The van der Waals surface area contributed by atoms with Gasteiger partial charge in [0.25, 0.3) is 0 Å². The van der Waals surface area contributed by atoms with Crippen molar-refractivity contribution >= 4 is 5.97 Å². The zero-order valence-electron chi connectivity index (χ0n) is 42.1. The smallest absolute Gasteiger partial charge is 0.306 e. The van der Waals surface area contributed by atoms with E-state index in [0.29, 0.717) is 19.6 Å². The molecule has 0 amide bonds. The van der Waals surface area contributed by atoms with E-state index in [9.17, 15) is 9.90 Å². The van der Waals surface area contributed by atoms with Crippen LogP contribution in [0.3, 0.4) is 0 Å². The van der Waals surface area contributed by atoms with Crippen molar-refractivity contribution in [2.75, 3.05) is 19.8 Å². The average Bonchev–Trinajstić information content (AvgIpc) is 3.29. The Balaban J connectivity index is 3.40. The Kier molecular flexibility index (Phi) is 54.0. The Bertz CT molecular complexity index is 1070. The number of carbonyl (C=O) groups is 1. The van der Waals surface area contributed by atoms with E-state index in [0.717, 1.165) is 51.4 Å². The normalized spacial score (nSPS) is 12.9. The van der Waals surface area contributed by atoms with Crippen molar-refractivity contribution in [1.82, 2.24) is 0 Å². The summed E-state index contributed by atoms with van der Waals surface area (Å²) < 4.78 is 11.2. The monoisotopic (exact) mass is 879 g/mol. The van der Waals surface area contributed by atoms with Gasteiger partial charge in [0.1, 0.15) is 6.10 Å². The van der Waals surface area contributed by atoms with Gasteiger partial charge in [-0.3, -0.25) is 4.79 Å². The summed E-state index contributed by atoms with van der Waals surface area (Å²) in [6, 6.07) is 0. The van der Waals surface area contributed by atoms with Crippen molar-refractivity contribution < 1.29 is 19.4 Å². The molecule has 1 atom stereocenters. The van der Waals surface area contributed by atoms with Crippen LogP contribution in [-0.2, 0) is 14.3 Å². The van der Waals surface area contributed by atoms with Gasteiger partial charge in [0.05, 0.1) is 13.2 Å². The summed E-state index contributed by atoms with van der Waals surface area (Å²) in [7, 11) is 0. The summed E-state index contributed by atoms with van der Waals surface area (Å²) in [6.07, 6.45) is 77.2. The van der Waals surface area contributed by atoms with Crippen molar-refractivity contribution in [3.8, 4) is 0 Å². The van der Waals surface area contributed by atoms with Gasteiger partial charge in [-0.2, -0.15) is 0 Å². The molecule has 4 nitrogen and oxygen atoms in total. The second-order valence-corrected chi connectivity index (χ2v) is 18.3. The highest BCUT2D eigenvalue weighted by molar-refractivity contribution is 5.69. The Hall–Kier alpha value is -2.17. The van der Waals surface area contributed by atoms with E-state index >= 15 is 0 Å². The Morgan fingerprint density at radius 3 is 1.08 bits per heavy atom. The van der Waals surface area contributed by atoms with E-state index in [1.165, 1.54) is 199 Å². The first-order chi connectivity index (χ1) is 31.2. The Labute approximate surface area is 393 Å². The van der Waals surface area contributed by atoms with Crippen LogP contribution in [0.4, 0.5) is 0 Å². The number of esters is 1. The summed E-state index contributed by atoms with van der Waals surface area (Å²) >= 11 is 0. The maximum Gasteiger partial charge on any atom is 0.306 e. The Morgan fingerprint density at radius 2 is 0.714 bits per heavy atom. The number of unbranched alkanes of at least 4 members (excludes halogenated alkanes) is 31. The molecule has 0 aromatic carbocycles. The van der Waals surface area contributed by atoms with Crippen LogP contribution >= 0.6 is 0 Å². The van der Waals surface area contributed by atoms with Gasteiger partial charge >= 0.3 is 5.97 Å². The molecule has 0 bridgehead atoms. The first kappa shape index (κ1) is 60.8. The number of allylic oxidation sites excluding steroid dienone is 12. The van der Waals surface area contributed by atoms with Crippen LogP contribution in [-0.4, -0.2) is 37.0 Å². The second kappa shape index (κ2) is 56.0. The van der Waals surface area contributed by atoms with Crippen molar-refractivity contribution in [1.29, 1.82) is 0 Å². The first-order valence-corrected chi connectivity index (χ1v) is 27.5. The molecule has 0 aliphatic heterocycles. The molecule has 0 radical (unpaired) electrons. The number of rotatable bonds is 51. The minimum atomic E-state index is -0.539. The van der Waals surface area contributed by atoms with E-state index in [-0.39, 0.29) is 12.6 Å². The maximum absolute atomic E-state index is 12.3. The molecule has 0 saturated heterocycles. The molecule has 0 fully saturated rings. The zero-order valence-corrected chi connectivity index (χ0v) is 42.1. The van der Waals surface area contributed by atoms with Crippen molar-refractivity contribution in [2.45, 2.75) is 277 Å². The molecule has 63 heavy (non-hydrogen) atoms. The van der Waals surface area contributed by atoms with Gasteiger partial charge in [-0.25, -0.2) is 0 Å². The molecular weight excluding hydrogens is 773 g/mol. The van der Waals surface area contributed by atoms with Crippen LogP contribution in [0, 0.1) is 0 Å². The first-order valence-electron chi connectivity index (χ1n) is 27.5. The predicted octanol–water partition coefficient (Wildman–Crippen LogP) is 18.9. The van der Waals surface area contributed by atoms with Gasteiger partial charge in [0.15, 0.2) is 0 Å². The summed E-state index contributed by atoms with van der Waals surface area (Å²) in [5.74, 6) is -0.200. The third kappa shape index (κ3) is 54.1. The van der Waals surface area contributed by atoms with Gasteiger partial charge in [-0.15, -0.1) is 0 Å². The van der Waals surface area contributed by atoms with Crippen LogP contribution in [0.15, 0.2) is 72.9 Å². The molecular formula is C59H106O4. The van der Waals surface area contributed by atoms with Gasteiger partial charge in [-0.1, -0.05) is 254 Å². The number of aliphatic hydroxyl groups is 1. The van der Waals surface area contributed by atoms with Crippen molar-refractivity contribution in [3.05, 3.63) is 72.9 Å². The molecule has 1 N–H and O–H groups in total. The van der Waals surface area contributed by atoms with Crippen LogP contribution in [0.1, 0.15) is 271 Å². The number of carbonyl (C=O) groups excluding carboxylic acids is 1. The van der Waals surface area contributed by atoms with Gasteiger partial charge in [0.2, 0.25) is 0 Å². The highest BCUT2D eigenvalue weighted by Gasteiger charge is 2.13. The fraction of sp³-hybridized carbons (Fsp3) is 0.780. The predicted molar refractivity (Wildman–Crippen MR) is 279 cm³/mol. The lowest BCUT2D eigenvalue weighted by atomic mass is 10.0. The molecule has 0 spiro atoms. The molecule has 1 unspecified atom stereocenters. The Morgan fingerprint density at radius 1 is 0.397 bits per heavy atom. The standard InChI is InChI=1S/C59H106O4/c1-3-5-7-9-11-13-15-17-19-21-23-25-27-29-31-33-35-37-39-41-43-45-47-49-51-53-55-62-57-58(56-60)63-59(61)54-52-50-48-46-44-42-40-38-36-34-32-30-28-26-24-22-20-18-16-14-12-10-8-6-4-2/h5,7,11,13,16-19,22-25,58,60H,3-4,6,8-10,12,14-15,20-21,26-57H2,1-2H3/b7-5-,13-11-,18-16-,19-17-,24-22-,25-23-. The minimum absolute atomic E-state index is 0.173. The fourth-order valence-corrected chi connectivity index (χ4v) is 7.94. The maximum atomic E-state index is 12.3. The largest absolute Gasteiger partial charge is 0.457 e. The molecule has 366 valence electrons. The van der Waals surface area contributed by atoms with E-state index in [4.69, 9.17) is 9.47 Å². The summed E-state index contributed by atoms with van der Waals surface area (Å²) in [4.78, 5) is 12.3. The summed E-state index contributed by atoms with van der Waals surface area (Å²) in [5, 5.41) is 9.67. The van der Waals surface area contributed by atoms with Crippen LogP contribution < -0.4 is 0 Å². The highest BCUT2D eigenvalue weighted by atomic mass is 16.6. The van der Waals surface area contributed by atoms with Crippen LogP contribution in [0.2, 0.25) is 0 Å². The van der Waals surface area contributed by atoms with Crippen molar-refractivity contribution in [3.63, 3.8) is 0 Å². The van der Waals surface area contributed by atoms with E-state index < -0.39 is 6.10 Å². The lowest BCUT2D eigenvalue weighted by Gasteiger charge is -2.16. The fourth-order valence-electron chi connectivity index (χ4n) is 7.94. The number of hydrogen-bond donors (Lipinski definition) is 1. The third-order valence-corrected chi connectivity index (χ3v) is 12.0. The molecule has 4 heteroatoms. The van der Waals surface area contributed by atoms with Gasteiger partial charge in [0, 0.05) is 13.0 Å². The molecule has 0 aliphatic rings. The third-order valence-electron chi connectivity index (χ3n) is 12.0. The van der Waals surface area contributed by atoms with E-state index in [1.807, 2.05) is 0 Å². The van der Waals surface area contributed by atoms with Gasteiger partial charge in [-0.05, 0) is 83.5 Å². The second-order valence-electron chi connectivity index (χ2n) is 18.3. The number of ether oxygens (including phenoxy) is 2. The molecule has 0 aromatic heterocycles. The summed E-state index contributed by atoms with van der Waals surface area (Å²) in [5.41, 5.74) is 0. The average molecular weight is 879 g/mol. The molecule has 0 rings (SSSR count). The quantitative estimate of drug-likeness (QED) is 0.0376. The van der Waals surface area contributed by atoms with Crippen molar-refractivity contribution in [2.24, 2.45) is 0 Å². The number of aliphatic hydroxyl groups excluding tert-OH is 1. The molecule has 0 aliphatic carbocycles. The van der Waals surface area contributed by atoms with Gasteiger partial charge < -0.3 is 14.6 Å².